The van der Waals surface area contributed by atoms with Crippen LogP contribution in [0.4, 0.5) is 8.78 Å². The van der Waals surface area contributed by atoms with E-state index in [-0.39, 0.29) is 12.1 Å². The summed E-state index contributed by atoms with van der Waals surface area (Å²) in [7, 11) is 1.58. The summed E-state index contributed by atoms with van der Waals surface area (Å²) in [6.07, 6.45) is 3.18. The van der Waals surface area contributed by atoms with Crippen molar-refractivity contribution in [2.45, 2.75) is 6.54 Å². The lowest BCUT2D eigenvalue weighted by atomic mass is 10.1. The number of ether oxygens (including phenoxy) is 1. The summed E-state index contributed by atoms with van der Waals surface area (Å²) in [5.74, 6) is -0.664. The molecule has 4 aromatic rings. The van der Waals surface area contributed by atoms with Crippen LogP contribution >= 0.6 is 0 Å². The van der Waals surface area contributed by atoms with Gasteiger partial charge in [-0.25, -0.2) is 13.3 Å². The normalized spacial score (nSPS) is 11.1. The van der Waals surface area contributed by atoms with Crippen molar-refractivity contribution in [2.75, 3.05) is 7.11 Å². The topological polar surface area (TPSA) is 48.5 Å². The standard InChI is InChI=1S/C20H15F2N3O2/c1-27-17-4-2-3-14(9-17)18-11-19-20(26)24(5-6-25(19)23-18)12-13-7-15(21)10-16(22)8-13/h2-11H,12H2,1H3. The second-order valence-corrected chi connectivity index (χ2v) is 6.10. The first kappa shape index (κ1) is 17.0. The summed E-state index contributed by atoms with van der Waals surface area (Å²) < 4.78 is 34.9. The fraction of sp³-hybridized carbons (Fsp3) is 0.100. The van der Waals surface area contributed by atoms with Crippen molar-refractivity contribution in [3.05, 3.63) is 88.5 Å². The highest BCUT2D eigenvalue weighted by Gasteiger charge is 2.11. The molecule has 5 nitrogen and oxygen atoms in total. The van der Waals surface area contributed by atoms with Crippen molar-refractivity contribution in [1.29, 1.82) is 0 Å². The first-order valence-corrected chi connectivity index (χ1v) is 8.22. The quantitative estimate of drug-likeness (QED) is 0.555. The summed E-state index contributed by atoms with van der Waals surface area (Å²) in [5, 5.41) is 4.42. The third-order valence-electron chi connectivity index (χ3n) is 4.24. The molecule has 0 radical (unpaired) electrons. The van der Waals surface area contributed by atoms with Crippen LogP contribution in [0.25, 0.3) is 16.8 Å². The van der Waals surface area contributed by atoms with Crippen LogP contribution in [-0.2, 0) is 6.54 Å². The maximum atomic E-state index is 13.4. The largest absolute Gasteiger partial charge is 0.497 e. The number of rotatable bonds is 4. The number of fused-ring (bicyclic) bond motifs is 1. The Morgan fingerprint density at radius 2 is 1.81 bits per heavy atom. The minimum absolute atomic E-state index is 0.0592. The van der Waals surface area contributed by atoms with Gasteiger partial charge in [0.25, 0.3) is 5.56 Å². The van der Waals surface area contributed by atoms with Gasteiger partial charge in [-0.15, -0.1) is 0 Å². The number of hydrogen-bond donors (Lipinski definition) is 0. The lowest BCUT2D eigenvalue weighted by Gasteiger charge is -2.06. The molecule has 0 saturated carbocycles. The van der Waals surface area contributed by atoms with E-state index >= 15 is 0 Å². The van der Waals surface area contributed by atoms with E-state index in [1.54, 1.807) is 25.6 Å². The average Bonchev–Trinajstić information content (AvgIpc) is 3.08. The van der Waals surface area contributed by atoms with Crippen LogP contribution < -0.4 is 10.3 Å². The van der Waals surface area contributed by atoms with E-state index in [9.17, 15) is 13.6 Å². The fourth-order valence-corrected chi connectivity index (χ4v) is 2.97. The molecule has 0 aliphatic carbocycles. The van der Waals surface area contributed by atoms with Gasteiger partial charge >= 0.3 is 0 Å². The van der Waals surface area contributed by atoms with E-state index in [0.29, 0.717) is 22.5 Å². The van der Waals surface area contributed by atoms with Crippen molar-refractivity contribution >= 4 is 5.52 Å². The second-order valence-electron chi connectivity index (χ2n) is 6.10. The van der Waals surface area contributed by atoms with Gasteiger partial charge in [0.1, 0.15) is 22.9 Å². The lowest BCUT2D eigenvalue weighted by molar-refractivity contribution is 0.415. The van der Waals surface area contributed by atoms with Gasteiger partial charge in [0, 0.05) is 24.0 Å². The Morgan fingerprint density at radius 1 is 1.04 bits per heavy atom. The molecule has 0 aliphatic rings. The van der Waals surface area contributed by atoms with Crippen LogP contribution in [0.3, 0.4) is 0 Å². The van der Waals surface area contributed by atoms with Gasteiger partial charge in [0.15, 0.2) is 0 Å². The molecular weight excluding hydrogens is 352 g/mol. The van der Waals surface area contributed by atoms with E-state index in [1.165, 1.54) is 21.2 Å². The number of aromatic nitrogens is 3. The van der Waals surface area contributed by atoms with E-state index in [0.717, 1.165) is 11.6 Å². The molecule has 0 saturated heterocycles. The summed E-state index contributed by atoms with van der Waals surface area (Å²) in [6, 6.07) is 12.3. The molecule has 2 heterocycles. The van der Waals surface area contributed by atoms with Gasteiger partial charge in [-0.1, -0.05) is 12.1 Å². The molecule has 0 bridgehead atoms. The van der Waals surface area contributed by atoms with Crippen LogP contribution in [-0.4, -0.2) is 21.3 Å². The number of benzene rings is 2. The van der Waals surface area contributed by atoms with Crippen molar-refractivity contribution in [1.82, 2.24) is 14.2 Å². The minimum Gasteiger partial charge on any atom is -0.497 e. The Kier molecular flexibility index (Phi) is 4.19. The summed E-state index contributed by atoms with van der Waals surface area (Å²) in [4.78, 5) is 12.8. The summed E-state index contributed by atoms with van der Waals surface area (Å²) >= 11 is 0. The Bertz CT molecular complexity index is 1180. The van der Waals surface area contributed by atoms with Crippen molar-refractivity contribution in [3.63, 3.8) is 0 Å². The van der Waals surface area contributed by atoms with Gasteiger partial charge in [0.2, 0.25) is 0 Å². The molecule has 0 fully saturated rings. The van der Waals surface area contributed by atoms with Crippen LogP contribution in [0.15, 0.2) is 65.7 Å². The van der Waals surface area contributed by atoms with E-state index in [2.05, 4.69) is 5.10 Å². The molecule has 27 heavy (non-hydrogen) atoms. The first-order valence-electron chi connectivity index (χ1n) is 8.22. The SMILES string of the molecule is COc1cccc(-c2cc3c(=O)n(Cc4cc(F)cc(F)c4)ccn3n2)c1. The highest BCUT2D eigenvalue weighted by molar-refractivity contribution is 5.66. The number of methoxy groups -OCH3 is 1. The number of nitrogens with zero attached hydrogens (tertiary/aromatic N) is 3. The lowest BCUT2D eigenvalue weighted by Crippen LogP contribution is -2.21. The molecule has 0 N–H and O–H groups in total. The Balaban J connectivity index is 1.75. The van der Waals surface area contributed by atoms with Crippen LogP contribution in [0.5, 0.6) is 5.75 Å². The zero-order valence-electron chi connectivity index (χ0n) is 14.4. The zero-order valence-corrected chi connectivity index (χ0v) is 14.4. The molecular formula is C20H15F2N3O2. The monoisotopic (exact) mass is 367 g/mol. The van der Waals surface area contributed by atoms with Gasteiger partial charge in [-0.3, -0.25) is 4.79 Å². The molecule has 7 heteroatoms. The van der Waals surface area contributed by atoms with Gasteiger partial charge < -0.3 is 9.30 Å². The highest BCUT2D eigenvalue weighted by atomic mass is 19.1. The maximum absolute atomic E-state index is 13.4. The maximum Gasteiger partial charge on any atom is 0.276 e. The smallest absolute Gasteiger partial charge is 0.276 e. The molecule has 0 spiro atoms. The van der Waals surface area contributed by atoms with E-state index in [1.807, 2.05) is 24.3 Å². The van der Waals surface area contributed by atoms with Crippen LogP contribution in [0.1, 0.15) is 5.56 Å². The van der Waals surface area contributed by atoms with Crippen molar-refractivity contribution in [3.8, 4) is 17.0 Å². The van der Waals surface area contributed by atoms with Gasteiger partial charge in [-0.2, -0.15) is 5.10 Å². The van der Waals surface area contributed by atoms with Gasteiger partial charge in [-0.05, 0) is 35.9 Å². The minimum atomic E-state index is -0.677. The Morgan fingerprint density at radius 3 is 2.56 bits per heavy atom. The predicted molar refractivity (Wildman–Crippen MR) is 96.9 cm³/mol. The second kappa shape index (κ2) is 6.68. The van der Waals surface area contributed by atoms with E-state index in [4.69, 9.17) is 4.74 Å². The molecule has 4 rings (SSSR count). The molecule has 0 aliphatic heterocycles. The van der Waals surface area contributed by atoms with Crippen molar-refractivity contribution in [2.24, 2.45) is 0 Å². The van der Waals surface area contributed by atoms with Crippen LogP contribution in [0, 0.1) is 11.6 Å². The fourth-order valence-electron chi connectivity index (χ4n) is 2.97. The van der Waals surface area contributed by atoms with Crippen LogP contribution in [0.2, 0.25) is 0 Å². The average molecular weight is 367 g/mol. The molecule has 0 atom stereocenters. The molecule has 2 aromatic carbocycles. The first-order chi connectivity index (χ1) is 13.0. The molecule has 0 unspecified atom stereocenters. The molecule has 136 valence electrons. The molecule has 2 aromatic heterocycles. The Labute approximate surface area is 153 Å². The van der Waals surface area contributed by atoms with Gasteiger partial charge in [0.05, 0.1) is 19.3 Å². The summed E-state index contributed by atoms with van der Waals surface area (Å²) in [5.41, 5.74) is 1.87. The third-order valence-corrected chi connectivity index (χ3v) is 4.24. The Hall–Kier alpha value is -3.48. The highest BCUT2D eigenvalue weighted by Crippen LogP contribution is 2.23. The zero-order chi connectivity index (χ0) is 19.0. The number of halogens is 2. The predicted octanol–water partition coefficient (Wildman–Crippen LogP) is 3.50. The summed E-state index contributed by atoms with van der Waals surface area (Å²) in [6.45, 7) is 0.0592. The van der Waals surface area contributed by atoms with Crippen molar-refractivity contribution < 1.29 is 13.5 Å². The third kappa shape index (κ3) is 3.31. The molecule has 0 amide bonds. The number of hydrogen-bond acceptors (Lipinski definition) is 3. The van der Waals surface area contributed by atoms with E-state index < -0.39 is 11.6 Å².